The van der Waals surface area contributed by atoms with E-state index in [4.69, 9.17) is 27.3 Å². The molecular weight excluding hydrogens is 258 g/mol. The first-order chi connectivity index (χ1) is 8.58. The van der Waals surface area contributed by atoms with E-state index in [0.29, 0.717) is 21.0 Å². The van der Waals surface area contributed by atoms with Gasteiger partial charge >= 0.3 is 0 Å². The smallest absolute Gasteiger partial charge is 0.249 e. The van der Waals surface area contributed by atoms with Crippen LogP contribution in [0.15, 0.2) is 30.5 Å². The molecule has 0 bridgehead atoms. The molecule has 1 aromatic carbocycles. The molecule has 7 heteroatoms. The molecule has 0 unspecified atom stereocenters. The normalized spacial score (nSPS) is 10.3. The van der Waals surface area contributed by atoms with Gasteiger partial charge in [-0.2, -0.15) is 0 Å². The molecule has 0 saturated heterocycles. The van der Waals surface area contributed by atoms with E-state index in [2.05, 4.69) is 5.10 Å². The van der Waals surface area contributed by atoms with E-state index >= 15 is 0 Å². The number of carbonyl (C=O) groups is 1. The van der Waals surface area contributed by atoms with Crippen molar-refractivity contribution in [3.05, 3.63) is 46.6 Å². The van der Waals surface area contributed by atoms with Crippen LogP contribution in [-0.2, 0) is 6.61 Å². The lowest BCUT2D eigenvalue weighted by atomic mass is 10.1. The minimum atomic E-state index is -0.580. The van der Waals surface area contributed by atoms with Gasteiger partial charge in [0.15, 0.2) is 0 Å². The van der Waals surface area contributed by atoms with E-state index in [1.807, 2.05) is 0 Å². The van der Waals surface area contributed by atoms with Gasteiger partial charge in [0.2, 0.25) is 11.8 Å². The molecule has 2 aromatic rings. The lowest BCUT2D eigenvalue weighted by Gasteiger charge is -2.09. The molecule has 94 valence electrons. The maximum absolute atomic E-state index is 11.2. The number of ether oxygens (including phenoxy) is 1. The first kappa shape index (κ1) is 12.3. The van der Waals surface area contributed by atoms with Crippen molar-refractivity contribution < 1.29 is 14.7 Å². The lowest BCUT2D eigenvalue weighted by molar-refractivity contribution is 0.0997. The topological polar surface area (TPSA) is 90.4 Å². The zero-order valence-corrected chi connectivity index (χ0v) is 9.96. The van der Waals surface area contributed by atoms with Crippen molar-refractivity contribution >= 4 is 17.5 Å². The largest absolute Gasteiger partial charge is 0.472 e. The highest BCUT2D eigenvalue weighted by Gasteiger charge is 2.12. The second kappa shape index (κ2) is 4.97. The van der Waals surface area contributed by atoms with Crippen molar-refractivity contribution in [1.82, 2.24) is 9.94 Å². The van der Waals surface area contributed by atoms with Gasteiger partial charge in [0, 0.05) is 22.2 Å². The highest BCUT2D eigenvalue weighted by atomic mass is 35.5. The zero-order valence-electron chi connectivity index (χ0n) is 9.21. The Labute approximate surface area is 107 Å². The number of primary amides is 1. The Kier molecular flexibility index (Phi) is 3.38. The van der Waals surface area contributed by atoms with Gasteiger partial charge < -0.3 is 15.7 Å². The number of nitrogens with zero attached hydrogens (tertiary/aromatic N) is 2. The summed E-state index contributed by atoms with van der Waals surface area (Å²) in [6.45, 7) is 0.0367. The Morgan fingerprint density at radius 2 is 2.28 bits per heavy atom. The summed E-state index contributed by atoms with van der Waals surface area (Å²) in [6.07, 6.45) is 1.32. The number of rotatable bonds is 4. The summed E-state index contributed by atoms with van der Waals surface area (Å²) in [6, 6.07) is 6.31. The van der Waals surface area contributed by atoms with Crippen LogP contribution in [0.2, 0.25) is 5.02 Å². The van der Waals surface area contributed by atoms with Gasteiger partial charge in [0.25, 0.3) is 0 Å². The van der Waals surface area contributed by atoms with Crippen molar-refractivity contribution in [1.29, 1.82) is 0 Å². The third-order valence-corrected chi connectivity index (χ3v) is 2.65. The summed E-state index contributed by atoms with van der Waals surface area (Å²) < 4.78 is 5.30. The summed E-state index contributed by atoms with van der Waals surface area (Å²) >= 11 is 5.98. The van der Waals surface area contributed by atoms with E-state index in [-0.39, 0.29) is 12.5 Å². The molecule has 0 aliphatic carbocycles. The van der Waals surface area contributed by atoms with E-state index < -0.39 is 5.91 Å². The number of benzene rings is 1. The molecule has 18 heavy (non-hydrogen) atoms. The minimum Gasteiger partial charge on any atom is -0.472 e. The van der Waals surface area contributed by atoms with Gasteiger partial charge in [0.05, 0.1) is 6.20 Å². The zero-order chi connectivity index (χ0) is 13.1. The highest BCUT2D eigenvalue weighted by Crippen LogP contribution is 2.21. The molecular formula is C11H10ClN3O3. The standard InChI is InChI=1S/C11H10ClN3O3/c12-9-3-1-2-7(11(13)16)8(9)6-18-10-4-5-15(17)14-10/h1-5,17H,6H2,(H2,13,16). The Morgan fingerprint density at radius 1 is 1.50 bits per heavy atom. The summed E-state index contributed by atoms with van der Waals surface area (Å²) in [5.41, 5.74) is 6.03. The van der Waals surface area contributed by atoms with Crippen molar-refractivity contribution in [2.75, 3.05) is 0 Å². The molecule has 6 nitrogen and oxygen atoms in total. The molecule has 0 aliphatic rings. The highest BCUT2D eigenvalue weighted by molar-refractivity contribution is 6.31. The maximum Gasteiger partial charge on any atom is 0.249 e. The maximum atomic E-state index is 11.2. The molecule has 0 aliphatic heterocycles. The van der Waals surface area contributed by atoms with Gasteiger partial charge in [-0.15, -0.1) is 4.85 Å². The molecule has 0 atom stereocenters. The van der Waals surface area contributed by atoms with Crippen LogP contribution in [0.5, 0.6) is 5.88 Å². The van der Waals surface area contributed by atoms with Crippen LogP contribution in [0.25, 0.3) is 0 Å². The third-order valence-electron chi connectivity index (χ3n) is 2.30. The summed E-state index contributed by atoms with van der Waals surface area (Å²) in [4.78, 5) is 11.9. The second-order valence-corrected chi connectivity index (χ2v) is 3.90. The SMILES string of the molecule is NC(=O)c1cccc(Cl)c1COc1ccn(O)n1. The molecule has 0 fully saturated rings. The van der Waals surface area contributed by atoms with E-state index in [0.717, 1.165) is 0 Å². The van der Waals surface area contributed by atoms with Crippen molar-refractivity contribution in [3.8, 4) is 5.88 Å². The van der Waals surface area contributed by atoms with E-state index in [1.165, 1.54) is 12.3 Å². The number of hydrogen-bond donors (Lipinski definition) is 2. The number of halogens is 1. The van der Waals surface area contributed by atoms with Crippen LogP contribution < -0.4 is 10.5 Å². The van der Waals surface area contributed by atoms with Crippen LogP contribution in [0.1, 0.15) is 15.9 Å². The van der Waals surface area contributed by atoms with Gasteiger partial charge in [0.1, 0.15) is 6.61 Å². The first-order valence-electron chi connectivity index (χ1n) is 5.03. The minimum absolute atomic E-state index is 0.0367. The molecule has 0 spiro atoms. The first-order valence-corrected chi connectivity index (χ1v) is 5.40. The van der Waals surface area contributed by atoms with Gasteiger partial charge in [-0.3, -0.25) is 4.79 Å². The van der Waals surface area contributed by atoms with Crippen molar-refractivity contribution in [2.45, 2.75) is 6.61 Å². The third kappa shape index (κ3) is 2.54. The number of nitrogens with two attached hydrogens (primary N) is 1. The Morgan fingerprint density at radius 3 is 2.89 bits per heavy atom. The number of amides is 1. The molecule has 1 aromatic heterocycles. The van der Waals surface area contributed by atoms with Gasteiger partial charge in [-0.1, -0.05) is 22.8 Å². The van der Waals surface area contributed by atoms with Crippen LogP contribution in [0.4, 0.5) is 0 Å². The number of aromatic nitrogens is 2. The van der Waals surface area contributed by atoms with Gasteiger partial charge in [-0.05, 0) is 12.1 Å². The molecule has 0 saturated carbocycles. The quantitative estimate of drug-likeness (QED) is 0.821. The second-order valence-electron chi connectivity index (χ2n) is 3.49. The van der Waals surface area contributed by atoms with Crippen molar-refractivity contribution in [3.63, 3.8) is 0 Å². The number of carbonyl (C=O) groups excluding carboxylic acids is 1. The van der Waals surface area contributed by atoms with Crippen LogP contribution in [-0.4, -0.2) is 21.1 Å². The van der Waals surface area contributed by atoms with Crippen molar-refractivity contribution in [2.24, 2.45) is 5.73 Å². The predicted molar refractivity (Wildman–Crippen MR) is 63.7 cm³/mol. The average molecular weight is 268 g/mol. The number of hydrogen-bond acceptors (Lipinski definition) is 4. The summed E-state index contributed by atoms with van der Waals surface area (Å²) in [5.74, 6) is -0.364. The summed E-state index contributed by atoms with van der Waals surface area (Å²) in [7, 11) is 0. The summed E-state index contributed by atoms with van der Waals surface area (Å²) in [5, 5.41) is 13.0. The predicted octanol–water partition coefficient (Wildman–Crippen LogP) is 1.45. The fourth-order valence-electron chi connectivity index (χ4n) is 1.46. The van der Waals surface area contributed by atoms with Crippen LogP contribution in [0.3, 0.4) is 0 Å². The fraction of sp³-hybridized carbons (Fsp3) is 0.0909. The van der Waals surface area contributed by atoms with E-state index in [9.17, 15) is 4.79 Å². The molecule has 1 heterocycles. The van der Waals surface area contributed by atoms with E-state index in [1.54, 1.807) is 18.2 Å². The monoisotopic (exact) mass is 267 g/mol. The molecule has 0 radical (unpaired) electrons. The molecule has 2 rings (SSSR count). The van der Waals surface area contributed by atoms with Crippen LogP contribution >= 0.6 is 11.6 Å². The Balaban J connectivity index is 2.20. The molecule has 3 N–H and O–H groups in total. The fourth-order valence-corrected chi connectivity index (χ4v) is 1.69. The van der Waals surface area contributed by atoms with Crippen LogP contribution in [0, 0.1) is 0 Å². The average Bonchev–Trinajstić information content (AvgIpc) is 2.73. The Hall–Kier alpha value is -2.21. The Bertz CT molecular complexity index is 583. The lowest BCUT2D eigenvalue weighted by Crippen LogP contribution is -2.15. The molecule has 1 amide bonds. The van der Waals surface area contributed by atoms with Gasteiger partial charge in [-0.25, -0.2) is 0 Å².